The van der Waals surface area contributed by atoms with E-state index in [1.807, 2.05) is 4.90 Å². The van der Waals surface area contributed by atoms with Crippen LogP contribution in [0.5, 0.6) is 0 Å². The van der Waals surface area contributed by atoms with Crippen molar-refractivity contribution in [2.24, 2.45) is 11.3 Å². The number of piperidine rings is 1. The van der Waals surface area contributed by atoms with Gasteiger partial charge in [0.05, 0.1) is 6.61 Å². The molecular formula is C19H34N2O3. The van der Waals surface area contributed by atoms with Crippen molar-refractivity contribution in [3.63, 3.8) is 0 Å². The highest BCUT2D eigenvalue weighted by molar-refractivity contribution is 5.84. The van der Waals surface area contributed by atoms with Crippen LogP contribution in [-0.2, 0) is 9.59 Å². The summed E-state index contributed by atoms with van der Waals surface area (Å²) >= 11 is 0. The molecule has 2 aliphatic rings. The molecule has 0 aromatic rings. The van der Waals surface area contributed by atoms with Crippen molar-refractivity contribution < 1.29 is 14.7 Å². The Morgan fingerprint density at radius 1 is 1.21 bits per heavy atom. The molecule has 1 saturated carbocycles. The van der Waals surface area contributed by atoms with Gasteiger partial charge in [0.1, 0.15) is 0 Å². The van der Waals surface area contributed by atoms with E-state index in [4.69, 9.17) is 0 Å². The molecule has 138 valence electrons. The first kappa shape index (κ1) is 19.2. The van der Waals surface area contributed by atoms with Gasteiger partial charge in [-0.1, -0.05) is 26.7 Å². The van der Waals surface area contributed by atoms with Crippen LogP contribution in [0.4, 0.5) is 0 Å². The lowest BCUT2D eigenvalue weighted by molar-refractivity contribution is -0.137. The third-order valence-corrected chi connectivity index (χ3v) is 5.48. The molecule has 0 radical (unpaired) electrons. The van der Waals surface area contributed by atoms with E-state index in [2.05, 4.69) is 19.2 Å². The summed E-state index contributed by atoms with van der Waals surface area (Å²) in [5.74, 6) is 0.560. The molecule has 1 heterocycles. The summed E-state index contributed by atoms with van der Waals surface area (Å²) in [6, 6.07) is 0.315. The Hall–Kier alpha value is -1.10. The number of aliphatic hydroxyl groups excluding tert-OH is 1. The second-order valence-electron chi connectivity index (χ2n) is 8.22. The Labute approximate surface area is 146 Å². The lowest BCUT2D eigenvalue weighted by Gasteiger charge is -2.43. The van der Waals surface area contributed by atoms with Crippen LogP contribution in [0.2, 0.25) is 0 Å². The van der Waals surface area contributed by atoms with Gasteiger partial charge in [0, 0.05) is 37.4 Å². The van der Waals surface area contributed by atoms with Gasteiger partial charge >= 0.3 is 0 Å². The minimum Gasteiger partial charge on any atom is -0.396 e. The van der Waals surface area contributed by atoms with E-state index < -0.39 is 0 Å². The predicted molar refractivity (Wildman–Crippen MR) is 94.4 cm³/mol. The summed E-state index contributed by atoms with van der Waals surface area (Å²) in [4.78, 5) is 26.4. The van der Waals surface area contributed by atoms with E-state index in [0.717, 1.165) is 38.6 Å². The number of hydrogen-bond donors (Lipinski definition) is 2. The van der Waals surface area contributed by atoms with Gasteiger partial charge in [0.25, 0.3) is 0 Å². The maximum Gasteiger partial charge on any atom is 0.223 e. The normalized spacial score (nSPS) is 25.2. The number of amides is 2. The fourth-order valence-corrected chi connectivity index (χ4v) is 4.40. The summed E-state index contributed by atoms with van der Waals surface area (Å²) < 4.78 is 0. The monoisotopic (exact) mass is 338 g/mol. The Bertz CT molecular complexity index is 432. The van der Waals surface area contributed by atoms with Gasteiger partial charge in [-0.05, 0) is 38.0 Å². The average molecular weight is 338 g/mol. The summed E-state index contributed by atoms with van der Waals surface area (Å²) in [6.45, 7) is 5.84. The van der Waals surface area contributed by atoms with Crippen molar-refractivity contribution in [2.75, 3.05) is 19.7 Å². The SMILES string of the molecule is CC(C)C[C@@]1(CO)CCCN(C(=O)CCC(=O)NC2CCCC2)C1. The minimum absolute atomic E-state index is 0.00265. The summed E-state index contributed by atoms with van der Waals surface area (Å²) in [5.41, 5.74) is -0.159. The van der Waals surface area contributed by atoms with Crippen molar-refractivity contribution in [1.29, 1.82) is 0 Å². The van der Waals surface area contributed by atoms with Crippen molar-refractivity contribution in [3.05, 3.63) is 0 Å². The fourth-order valence-electron chi connectivity index (χ4n) is 4.40. The molecule has 24 heavy (non-hydrogen) atoms. The standard InChI is InChI=1S/C19H34N2O3/c1-15(2)12-19(14-22)10-5-11-21(13-19)18(24)9-8-17(23)20-16-6-3-4-7-16/h15-16,22H,3-14H2,1-2H3,(H,20,23)/t19-/m0/s1. The molecule has 1 saturated heterocycles. The molecule has 0 spiro atoms. The third-order valence-electron chi connectivity index (χ3n) is 5.48. The van der Waals surface area contributed by atoms with E-state index in [-0.39, 0.29) is 36.7 Å². The number of carbonyl (C=O) groups is 2. The number of hydrogen-bond acceptors (Lipinski definition) is 3. The molecule has 0 aromatic carbocycles. The van der Waals surface area contributed by atoms with Crippen LogP contribution in [0.1, 0.15) is 71.6 Å². The average Bonchev–Trinajstić information content (AvgIpc) is 3.05. The molecule has 5 nitrogen and oxygen atoms in total. The Morgan fingerprint density at radius 2 is 1.92 bits per heavy atom. The van der Waals surface area contributed by atoms with Crippen LogP contribution in [0.25, 0.3) is 0 Å². The molecule has 1 aliphatic heterocycles. The Balaban J connectivity index is 1.79. The minimum atomic E-state index is -0.159. The molecule has 2 rings (SSSR count). The highest BCUT2D eigenvalue weighted by Gasteiger charge is 2.37. The van der Waals surface area contributed by atoms with E-state index in [1.165, 1.54) is 12.8 Å². The largest absolute Gasteiger partial charge is 0.396 e. The van der Waals surface area contributed by atoms with E-state index in [1.54, 1.807) is 0 Å². The first-order valence-electron chi connectivity index (χ1n) is 9.62. The van der Waals surface area contributed by atoms with Gasteiger partial charge in [-0.3, -0.25) is 9.59 Å². The van der Waals surface area contributed by atoms with E-state index in [0.29, 0.717) is 18.5 Å². The number of carbonyl (C=O) groups excluding carboxylic acids is 2. The quantitative estimate of drug-likeness (QED) is 0.749. The molecule has 0 bridgehead atoms. The summed E-state index contributed by atoms with van der Waals surface area (Å²) in [6.07, 6.45) is 7.94. The molecule has 1 aliphatic carbocycles. The summed E-state index contributed by atoms with van der Waals surface area (Å²) in [5, 5.41) is 12.9. The zero-order valence-corrected chi connectivity index (χ0v) is 15.4. The maximum absolute atomic E-state index is 12.5. The van der Waals surface area contributed by atoms with Crippen LogP contribution in [0.15, 0.2) is 0 Å². The number of nitrogens with zero attached hydrogens (tertiary/aromatic N) is 1. The number of likely N-dealkylation sites (tertiary alicyclic amines) is 1. The van der Waals surface area contributed by atoms with Gasteiger partial charge in [-0.25, -0.2) is 0 Å². The third kappa shape index (κ3) is 5.47. The van der Waals surface area contributed by atoms with Crippen molar-refractivity contribution >= 4 is 11.8 Å². The molecule has 2 N–H and O–H groups in total. The first-order chi connectivity index (χ1) is 11.4. The van der Waals surface area contributed by atoms with Gasteiger partial charge in [-0.15, -0.1) is 0 Å². The second kappa shape index (κ2) is 8.84. The lowest BCUT2D eigenvalue weighted by Crippen LogP contribution is -2.48. The molecule has 2 fully saturated rings. The fraction of sp³-hybridized carbons (Fsp3) is 0.895. The van der Waals surface area contributed by atoms with Crippen LogP contribution in [-0.4, -0.2) is 47.6 Å². The van der Waals surface area contributed by atoms with Crippen LogP contribution >= 0.6 is 0 Å². The number of nitrogens with one attached hydrogen (secondary N) is 1. The van der Waals surface area contributed by atoms with Gasteiger partial charge < -0.3 is 15.3 Å². The smallest absolute Gasteiger partial charge is 0.223 e. The van der Waals surface area contributed by atoms with Crippen LogP contribution in [0, 0.1) is 11.3 Å². The highest BCUT2D eigenvalue weighted by Crippen LogP contribution is 2.36. The molecule has 2 amide bonds. The molecule has 0 unspecified atom stereocenters. The second-order valence-corrected chi connectivity index (χ2v) is 8.22. The molecular weight excluding hydrogens is 304 g/mol. The first-order valence-corrected chi connectivity index (χ1v) is 9.62. The molecule has 1 atom stereocenters. The van der Waals surface area contributed by atoms with Crippen molar-refractivity contribution in [1.82, 2.24) is 10.2 Å². The zero-order chi connectivity index (χ0) is 17.6. The van der Waals surface area contributed by atoms with Gasteiger partial charge in [0.2, 0.25) is 11.8 Å². The van der Waals surface area contributed by atoms with E-state index >= 15 is 0 Å². The molecule has 0 aromatic heterocycles. The van der Waals surface area contributed by atoms with Crippen LogP contribution in [0.3, 0.4) is 0 Å². The van der Waals surface area contributed by atoms with Crippen molar-refractivity contribution in [3.8, 4) is 0 Å². The van der Waals surface area contributed by atoms with Crippen molar-refractivity contribution in [2.45, 2.75) is 77.7 Å². The predicted octanol–water partition coefficient (Wildman–Crippen LogP) is 2.47. The summed E-state index contributed by atoms with van der Waals surface area (Å²) in [7, 11) is 0. The Morgan fingerprint density at radius 3 is 2.54 bits per heavy atom. The van der Waals surface area contributed by atoms with Gasteiger partial charge in [-0.2, -0.15) is 0 Å². The van der Waals surface area contributed by atoms with Gasteiger partial charge in [0.15, 0.2) is 0 Å². The zero-order valence-electron chi connectivity index (χ0n) is 15.4. The topological polar surface area (TPSA) is 69.6 Å². The number of rotatable bonds is 7. The molecule has 5 heteroatoms. The lowest BCUT2D eigenvalue weighted by atomic mass is 9.74. The maximum atomic E-state index is 12.5. The Kier molecular flexibility index (Phi) is 7.08. The van der Waals surface area contributed by atoms with Crippen LogP contribution < -0.4 is 5.32 Å². The highest BCUT2D eigenvalue weighted by atomic mass is 16.3. The number of aliphatic hydroxyl groups is 1. The van der Waals surface area contributed by atoms with E-state index in [9.17, 15) is 14.7 Å².